The molecule has 0 fully saturated rings. The molecule has 33 heavy (non-hydrogen) atoms. The molecule has 2 aromatic heterocycles. The van der Waals surface area contributed by atoms with E-state index in [1.54, 1.807) is 16.6 Å². The van der Waals surface area contributed by atoms with Gasteiger partial charge in [-0.3, -0.25) is 9.59 Å². The predicted octanol–water partition coefficient (Wildman–Crippen LogP) is 3.39. The Kier molecular flexibility index (Phi) is 7.31. The smallest absolute Gasteiger partial charge is 0.251 e. The van der Waals surface area contributed by atoms with E-state index in [-0.39, 0.29) is 17.6 Å². The Labute approximate surface area is 195 Å². The van der Waals surface area contributed by atoms with Gasteiger partial charge in [0.15, 0.2) is 11.5 Å². The predicted molar refractivity (Wildman–Crippen MR) is 128 cm³/mol. The average Bonchev–Trinajstić information content (AvgIpc) is 3.26. The third-order valence-corrected chi connectivity index (χ3v) is 5.89. The SMILES string of the molecule is CCc1ccc(NC(=O)CSc2ccc3nnc(CCNC(=O)c4ccccc4)n3n2)cc1. The van der Waals surface area contributed by atoms with Crippen molar-refractivity contribution in [1.82, 2.24) is 25.1 Å². The Morgan fingerprint density at radius 3 is 2.52 bits per heavy atom. The molecule has 0 bridgehead atoms. The molecule has 4 aromatic rings. The number of thioether (sulfide) groups is 1. The zero-order chi connectivity index (χ0) is 23.0. The molecule has 2 amide bonds. The summed E-state index contributed by atoms with van der Waals surface area (Å²) in [5, 5.41) is 19.3. The summed E-state index contributed by atoms with van der Waals surface area (Å²) < 4.78 is 1.65. The van der Waals surface area contributed by atoms with Gasteiger partial charge in [-0.2, -0.15) is 9.61 Å². The van der Waals surface area contributed by atoms with E-state index in [1.807, 2.05) is 54.6 Å². The minimum atomic E-state index is -0.135. The molecular weight excluding hydrogens is 436 g/mol. The lowest BCUT2D eigenvalue weighted by Crippen LogP contribution is -2.26. The second kappa shape index (κ2) is 10.7. The number of hydrogen-bond donors (Lipinski definition) is 2. The number of nitrogens with zero attached hydrogens (tertiary/aromatic N) is 4. The summed E-state index contributed by atoms with van der Waals surface area (Å²) in [6.45, 7) is 2.50. The lowest BCUT2D eigenvalue weighted by molar-refractivity contribution is -0.113. The highest BCUT2D eigenvalue weighted by atomic mass is 32.2. The van der Waals surface area contributed by atoms with Crippen molar-refractivity contribution in [3.8, 4) is 0 Å². The number of fused-ring (bicyclic) bond motifs is 1. The van der Waals surface area contributed by atoms with Gasteiger partial charge in [0.1, 0.15) is 5.03 Å². The summed E-state index contributed by atoms with van der Waals surface area (Å²) >= 11 is 1.34. The van der Waals surface area contributed by atoms with Crippen LogP contribution in [0.1, 0.15) is 28.7 Å². The van der Waals surface area contributed by atoms with E-state index in [0.717, 1.165) is 12.1 Å². The van der Waals surface area contributed by atoms with Crippen LogP contribution < -0.4 is 10.6 Å². The Hall–Kier alpha value is -3.72. The molecular formula is C24H24N6O2S. The first-order valence-corrected chi connectivity index (χ1v) is 11.7. The molecule has 2 N–H and O–H groups in total. The van der Waals surface area contributed by atoms with Crippen LogP contribution in [0.15, 0.2) is 71.8 Å². The van der Waals surface area contributed by atoms with Gasteiger partial charge in [-0.25, -0.2) is 0 Å². The van der Waals surface area contributed by atoms with Crippen LogP contribution in [0.4, 0.5) is 5.69 Å². The van der Waals surface area contributed by atoms with Crippen LogP contribution in [-0.2, 0) is 17.6 Å². The topological polar surface area (TPSA) is 101 Å². The Morgan fingerprint density at radius 2 is 1.76 bits per heavy atom. The first-order chi connectivity index (χ1) is 16.1. The summed E-state index contributed by atoms with van der Waals surface area (Å²) in [6, 6.07) is 20.5. The van der Waals surface area contributed by atoms with Gasteiger partial charge in [0.2, 0.25) is 5.91 Å². The summed E-state index contributed by atoms with van der Waals surface area (Å²) in [6.07, 6.45) is 1.44. The fourth-order valence-electron chi connectivity index (χ4n) is 3.19. The fraction of sp³-hybridized carbons (Fsp3) is 0.208. The van der Waals surface area contributed by atoms with E-state index in [0.29, 0.717) is 35.0 Å². The van der Waals surface area contributed by atoms with Crippen LogP contribution in [0.5, 0.6) is 0 Å². The Balaban J connectivity index is 1.32. The number of amides is 2. The lowest BCUT2D eigenvalue weighted by Gasteiger charge is -2.07. The molecule has 0 aliphatic rings. The van der Waals surface area contributed by atoms with Gasteiger partial charge >= 0.3 is 0 Å². The molecule has 168 valence electrons. The highest BCUT2D eigenvalue weighted by Crippen LogP contribution is 2.17. The highest BCUT2D eigenvalue weighted by Gasteiger charge is 2.11. The number of hydrogen-bond acceptors (Lipinski definition) is 6. The minimum absolute atomic E-state index is 0.0984. The van der Waals surface area contributed by atoms with Crippen LogP contribution in [0.3, 0.4) is 0 Å². The molecule has 2 aromatic carbocycles. The minimum Gasteiger partial charge on any atom is -0.352 e. The van der Waals surface area contributed by atoms with Gasteiger partial charge in [-0.1, -0.05) is 49.0 Å². The highest BCUT2D eigenvalue weighted by molar-refractivity contribution is 7.99. The van der Waals surface area contributed by atoms with Crippen LogP contribution in [0.2, 0.25) is 0 Å². The maximum Gasteiger partial charge on any atom is 0.251 e. The molecule has 4 rings (SSSR count). The van der Waals surface area contributed by atoms with Crippen molar-refractivity contribution in [3.05, 3.63) is 83.7 Å². The van der Waals surface area contributed by atoms with Gasteiger partial charge in [0.05, 0.1) is 5.75 Å². The molecule has 0 saturated heterocycles. The third kappa shape index (κ3) is 5.95. The molecule has 0 spiro atoms. The van der Waals surface area contributed by atoms with Crippen LogP contribution in [0.25, 0.3) is 5.65 Å². The van der Waals surface area contributed by atoms with E-state index >= 15 is 0 Å². The largest absolute Gasteiger partial charge is 0.352 e. The van der Waals surface area contributed by atoms with E-state index in [1.165, 1.54) is 17.3 Å². The fourth-order valence-corrected chi connectivity index (χ4v) is 3.84. The molecule has 2 heterocycles. The number of aromatic nitrogens is 4. The van der Waals surface area contributed by atoms with Crippen LogP contribution in [-0.4, -0.2) is 43.9 Å². The van der Waals surface area contributed by atoms with Crippen molar-refractivity contribution >= 4 is 34.9 Å². The molecule has 0 unspecified atom stereocenters. The van der Waals surface area contributed by atoms with Crippen LogP contribution in [0, 0.1) is 0 Å². The van der Waals surface area contributed by atoms with Crippen molar-refractivity contribution in [1.29, 1.82) is 0 Å². The van der Waals surface area contributed by atoms with Crippen molar-refractivity contribution in [2.24, 2.45) is 0 Å². The second-order valence-corrected chi connectivity index (χ2v) is 8.31. The molecule has 8 nitrogen and oxygen atoms in total. The number of nitrogens with one attached hydrogen (secondary N) is 2. The van der Waals surface area contributed by atoms with Crippen molar-refractivity contribution < 1.29 is 9.59 Å². The van der Waals surface area contributed by atoms with Gasteiger partial charge in [0, 0.05) is 24.2 Å². The van der Waals surface area contributed by atoms with Gasteiger partial charge in [0.25, 0.3) is 5.91 Å². The monoisotopic (exact) mass is 460 g/mol. The van der Waals surface area contributed by atoms with Gasteiger partial charge < -0.3 is 10.6 Å². The number of carbonyl (C=O) groups excluding carboxylic acids is 2. The Bertz CT molecular complexity index is 1240. The van der Waals surface area contributed by atoms with E-state index in [4.69, 9.17) is 0 Å². The summed E-state index contributed by atoms with van der Waals surface area (Å²) in [4.78, 5) is 24.5. The molecule has 0 aliphatic carbocycles. The van der Waals surface area contributed by atoms with Crippen molar-refractivity contribution in [2.75, 3.05) is 17.6 Å². The van der Waals surface area contributed by atoms with E-state index in [9.17, 15) is 9.59 Å². The molecule has 0 atom stereocenters. The van der Waals surface area contributed by atoms with E-state index < -0.39 is 0 Å². The number of rotatable bonds is 9. The normalized spacial score (nSPS) is 10.8. The zero-order valence-electron chi connectivity index (χ0n) is 18.2. The maximum atomic E-state index is 12.3. The summed E-state index contributed by atoms with van der Waals surface area (Å²) in [7, 11) is 0. The molecule has 0 radical (unpaired) electrons. The number of benzene rings is 2. The van der Waals surface area contributed by atoms with Crippen molar-refractivity contribution in [2.45, 2.75) is 24.8 Å². The van der Waals surface area contributed by atoms with Crippen molar-refractivity contribution in [3.63, 3.8) is 0 Å². The number of carbonyl (C=O) groups is 2. The summed E-state index contributed by atoms with van der Waals surface area (Å²) in [5.74, 6) is 0.641. The third-order valence-electron chi connectivity index (χ3n) is 4.97. The standard InChI is InChI=1S/C24H24N6O2S/c1-2-17-8-10-19(11-9-17)26-22(31)16-33-23-13-12-20-27-28-21(30(20)29-23)14-15-25-24(32)18-6-4-3-5-7-18/h3-13H,2,14-16H2,1H3,(H,25,32)(H,26,31). The second-order valence-electron chi connectivity index (χ2n) is 7.32. The molecule has 0 saturated carbocycles. The zero-order valence-corrected chi connectivity index (χ0v) is 19.0. The molecule has 9 heteroatoms. The van der Waals surface area contributed by atoms with Gasteiger partial charge in [-0.05, 0) is 48.4 Å². The average molecular weight is 461 g/mol. The van der Waals surface area contributed by atoms with E-state index in [2.05, 4.69) is 32.9 Å². The number of anilines is 1. The molecule has 0 aliphatic heterocycles. The lowest BCUT2D eigenvalue weighted by atomic mass is 10.1. The van der Waals surface area contributed by atoms with Gasteiger partial charge in [-0.15, -0.1) is 10.2 Å². The first-order valence-electron chi connectivity index (χ1n) is 10.7. The van der Waals surface area contributed by atoms with Crippen LogP contribution >= 0.6 is 11.8 Å². The quantitative estimate of drug-likeness (QED) is 0.371. The summed E-state index contributed by atoms with van der Waals surface area (Å²) in [5.41, 5.74) is 3.23. The maximum absolute atomic E-state index is 12.3. The number of aryl methyl sites for hydroxylation is 1. The first kappa shape index (κ1) is 22.5. The Morgan fingerprint density at radius 1 is 0.970 bits per heavy atom.